The van der Waals surface area contributed by atoms with E-state index in [2.05, 4.69) is 50.8 Å². The summed E-state index contributed by atoms with van der Waals surface area (Å²) in [5.74, 6) is 1.87. The molecule has 2 saturated heterocycles. The van der Waals surface area contributed by atoms with E-state index in [1.807, 2.05) is 6.07 Å². The number of H-pyrrole nitrogens is 1. The summed E-state index contributed by atoms with van der Waals surface area (Å²) in [4.78, 5) is 6.49. The fraction of sp³-hybridized carbons (Fsp3) is 0.417. The molecule has 2 aromatic carbocycles. The van der Waals surface area contributed by atoms with Gasteiger partial charge in [-0.05, 0) is 66.9 Å². The first-order chi connectivity index (χ1) is 14.7. The van der Waals surface area contributed by atoms with E-state index >= 15 is 0 Å². The second kappa shape index (κ2) is 5.71. The zero-order chi connectivity index (χ0) is 20.0. The summed E-state index contributed by atoms with van der Waals surface area (Å²) in [5, 5.41) is 9.10. The molecule has 30 heavy (non-hydrogen) atoms. The minimum Gasteiger partial charge on any atom is -0.497 e. The van der Waals surface area contributed by atoms with Crippen molar-refractivity contribution in [3.63, 3.8) is 0 Å². The molecular formula is C24H26N4O2. The molecule has 4 aliphatic heterocycles. The molecule has 1 aromatic heterocycles. The SMILES string of the molecule is COc1ccc2c(c1)C13CCNC1C1c4[nH]c5ccc(OC)cc5c4CCN1C3N2. The molecule has 4 atom stereocenters. The number of benzene rings is 2. The van der Waals surface area contributed by atoms with Gasteiger partial charge in [0.15, 0.2) is 0 Å². The average Bonchev–Trinajstić information content (AvgIpc) is 3.50. The van der Waals surface area contributed by atoms with Crippen molar-refractivity contribution in [2.24, 2.45) is 0 Å². The Hall–Kier alpha value is -2.70. The first-order valence-corrected chi connectivity index (χ1v) is 10.9. The van der Waals surface area contributed by atoms with Crippen LogP contribution in [0.15, 0.2) is 36.4 Å². The van der Waals surface area contributed by atoms with Crippen molar-refractivity contribution in [3.05, 3.63) is 53.2 Å². The topological polar surface area (TPSA) is 61.6 Å². The highest BCUT2D eigenvalue weighted by atomic mass is 16.5. The molecule has 4 unspecified atom stereocenters. The molecule has 1 spiro atoms. The van der Waals surface area contributed by atoms with Crippen molar-refractivity contribution in [2.45, 2.75) is 36.5 Å². The maximum Gasteiger partial charge on any atom is 0.119 e. The lowest BCUT2D eigenvalue weighted by atomic mass is 9.74. The summed E-state index contributed by atoms with van der Waals surface area (Å²) in [6, 6.07) is 13.6. The Labute approximate surface area is 175 Å². The van der Waals surface area contributed by atoms with Crippen LogP contribution in [0.1, 0.15) is 29.3 Å². The van der Waals surface area contributed by atoms with Gasteiger partial charge in [0, 0.05) is 40.3 Å². The van der Waals surface area contributed by atoms with Crippen molar-refractivity contribution in [1.29, 1.82) is 0 Å². The molecule has 0 saturated carbocycles. The number of hydrogen-bond acceptors (Lipinski definition) is 5. The number of ether oxygens (including phenoxy) is 2. The summed E-state index contributed by atoms with van der Waals surface area (Å²) in [7, 11) is 3.50. The van der Waals surface area contributed by atoms with Gasteiger partial charge in [0.25, 0.3) is 0 Å². The van der Waals surface area contributed by atoms with Gasteiger partial charge < -0.3 is 25.1 Å². The standard InChI is InChI=1S/C24H26N4O2/c1-29-13-3-5-18-16(11-13)15-7-10-28-21(20(15)26-18)22-24(8-9-25-22)17-12-14(30-2)4-6-19(17)27-23(24)28/h3-6,11-12,21-23,25-27H,7-10H2,1-2H3. The van der Waals surface area contributed by atoms with Gasteiger partial charge in [-0.3, -0.25) is 4.90 Å². The number of methoxy groups -OCH3 is 2. The molecule has 6 heteroatoms. The summed E-state index contributed by atoms with van der Waals surface area (Å²) >= 11 is 0. The lowest BCUT2D eigenvalue weighted by Crippen LogP contribution is -2.46. The van der Waals surface area contributed by atoms with Crippen LogP contribution in [-0.2, 0) is 11.8 Å². The number of aromatic amines is 1. The number of nitrogens with zero attached hydrogens (tertiary/aromatic N) is 1. The van der Waals surface area contributed by atoms with Crippen LogP contribution in [0.3, 0.4) is 0 Å². The largest absolute Gasteiger partial charge is 0.497 e. The van der Waals surface area contributed by atoms with Gasteiger partial charge in [-0.2, -0.15) is 0 Å². The number of anilines is 1. The molecule has 2 fully saturated rings. The molecule has 7 rings (SSSR count). The van der Waals surface area contributed by atoms with Crippen LogP contribution in [0, 0.1) is 0 Å². The van der Waals surface area contributed by atoms with E-state index in [1.54, 1.807) is 14.2 Å². The Bertz CT molecular complexity index is 1190. The van der Waals surface area contributed by atoms with Gasteiger partial charge in [0.1, 0.15) is 11.5 Å². The van der Waals surface area contributed by atoms with Crippen LogP contribution >= 0.6 is 0 Å². The zero-order valence-electron chi connectivity index (χ0n) is 17.3. The molecule has 5 heterocycles. The Morgan fingerprint density at radius 3 is 2.77 bits per heavy atom. The van der Waals surface area contributed by atoms with Crippen molar-refractivity contribution in [1.82, 2.24) is 15.2 Å². The maximum atomic E-state index is 5.59. The highest BCUT2D eigenvalue weighted by molar-refractivity contribution is 5.87. The summed E-state index contributed by atoms with van der Waals surface area (Å²) in [5.41, 5.74) is 6.80. The van der Waals surface area contributed by atoms with E-state index < -0.39 is 0 Å². The first kappa shape index (κ1) is 17.0. The number of nitrogens with one attached hydrogen (secondary N) is 3. The molecule has 0 amide bonds. The van der Waals surface area contributed by atoms with Gasteiger partial charge >= 0.3 is 0 Å². The third kappa shape index (κ3) is 1.87. The van der Waals surface area contributed by atoms with Crippen LogP contribution in [0.4, 0.5) is 5.69 Å². The number of fused-ring (bicyclic) bond motifs is 8. The maximum absolute atomic E-state index is 5.59. The summed E-state index contributed by atoms with van der Waals surface area (Å²) in [6.07, 6.45) is 2.52. The summed E-state index contributed by atoms with van der Waals surface area (Å²) in [6.45, 7) is 2.11. The molecule has 0 aliphatic carbocycles. The third-order valence-electron chi connectivity index (χ3n) is 8.03. The van der Waals surface area contributed by atoms with E-state index in [1.165, 1.54) is 33.4 Å². The Balaban J connectivity index is 1.41. The van der Waals surface area contributed by atoms with Crippen molar-refractivity contribution >= 4 is 16.6 Å². The monoisotopic (exact) mass is 402 g/mol. The van der Waals surface area contributed by atoms with Crippen molar-refractivity contribution < 1.29 is 9.47 Å². The highest BCUT2D eigenvalue weighted by Gasteiger charge is 2.66. The second-order valence-electron chi connectivity index (χ2n) is 9.04. The smallest absolute Gasteiger partial charge is 0.119 e. The highest BCUT2D eigenvalue weighted by Crippen LogP contribution is 2.60. The van der Waals surface area contributed by atoms with Gasteiger partial charge in [0.05, 0.1) is 26.4 Å². The van der Waals surface area contributed by atoms with Crippen LogP contribution in [-0.4, -0.2) is 49.4 Å². The molecular weight excluding hydrogens is 376 g/mol. The number of aromatic nitrogens is 1. The van der Waals surface area contributed by atoms with Gasteiger partial charge in [-0.15, -0.1) is 0 Å². The molecule has 4 aliphatic rings. The third-order valence-corrected chi connectivity index (χ3v) is 8.03. The Morgan fingerprint density at radius 1 is 1.07 bits per heavy atom. The predicted molar refractivity (Wildman–Crippen MR) is 116 cm³/mol. The van der Waals surface area contributed by atoms with E-state index in [4.69, 9.17) is 9.47 Å². The first-order valence-electron chi connectivity index (χ1n) is 10.9. The molecule has 0 radical (unpaired) electrons. The molecule has 154 valence electrons. The van der Waals surface area contributed by atoms with Crippen LogP contribution in [0.5, 0.6) is 11.5 Å². The molecule has 3 N–H and O–H groups in total. The van der Waals surface area contributed by atoms with Crippen molar-refractivity contribution in [3.8, 4) is 11.5 Å². The fourth-order valence-corrected chi connectivity index (χ4v) is 6.83. The second-order valence-corrected chi connectivity index (χ2v) is 9.04. The van der Waals surface area contributed by atoms with Crippen LogP contribution in [0.25, 0.3) is 10.9 Å². The molecule has 6 nitrogen and oxygen atoms in total. The molecule has 0 bridgehead atoms. The molecule has 3 aromatic rings. The predicted octanol–water partition coefficient (Wildman–Crippen LogP) is 3.15. The minimum absolute atomic E-state index is 0.0745. The minimum atomic E-state index is 0.0745. The van der Waals surface area contributed by atoms with Crippen molar-refractivity contribution in [2.75, 3.05) is 32.6 Å². The number of rotatable bonds is 2. The van der Waals surface area contributed by atoms with E-state index in [-0.39, 0.29) is 5.41 Å². The lowest BCUT2D eigenvalue weighted by molar-refractivity contribution is 0.173. The normalized spacial score (nSPS) is 30.9. The average molecular weight is 402 g/mol. The Kier molecular flexibility index (Phi) is 3.24. The van der Waals surface area contributed by atoms with E-state index in [9.17, 15) is 0 Å². The van der Waals surface area contributed by atoms with E-state index in [0.29, 0.717) is 18.2 Å². The van der Waals surface area contributed by atoms with Crippen LogP contribution in [0.2, 0.25) is 0 Å². The summed E-state index contributed by atoms with van der Waals surface area (Å²) < 4.78 is 11.1. The zero-order valence-corrected chi connectivity index (χ0v) is 17.3. The van der Waals surface area contributed by atoms with Crippen LogP contribution < -0.4 is 20.1 Å². The number of hydrogen-bond donors (Lipinski definition) is 3. The Morgan fingerprint density at radius 2 is 1.90 bits per heavy atom. The van der Waals surface area contributed by atoms with E-state index in [0.717, 1.165) is 37.4 Å². The quantitative estimate of drug-likeness (QED) is 0.615. The fourth-order valence-electron chi connectivity index (χ4n) is 6.83. The van der Waals surface area contributed by atoms with Gasteiger partial charge in [-0.1, -0.05) is 0 Å². The lowest BCUT2D eigenvalue weighted by Gasteiger charge is -2.36. The van der Waals surface area contributed by atoms with Gasteiger partial charge in [-0.25, -0.2) is 0 Å². The van der Waals surface area contributed by atoms with Gasteiger partial charge in [0.2, 0.25) is 0 Å².